The van der Waals surface area contributed by atoms with Crippen LogP contribution in [0.15, 0.2) is 0 Å². The first-order valence-corrected chi connectivity index (χ1v) is 5.19. The number of hydrogen-bond donors (Lipinski definition) is 0. The van der Waals surface area contributed by atoms with Gasteiger partial charge >= 0.3 is 0 Å². The predicted molar refractivity (Wildman–Crippen MR) is 33.1 cm³/mol. The summed E-state index contributed by atoms with van der Waals surface area (Å²) < 4.78 is 4.97. The van der Waals surface area contributed by atoms with Gasteiger partial charge in [0.2, 0.25) is 9.04 Å². The van der Waals surface area contributed by atoms with Crippen LogP contribution in [0.25, 0.3) is 0 Å². The second-order valence-corrected chi connectivity index (χ2v) is 5.16. The lowest BCUT2D eigenvalue weighted by Crippen LogP contribution is -2.09. The zero-order valence-electron chi connectivity index (χ0n) is 5.18. The van der Waals surface area contributed by atoms with Crippen LogP contribution in [0.2, 0.25) is 12.1 Å². The third-order valence-electron chi connectivity index (χ3n) is 1.61. The highest BCUT2D eigenvalue weighted by molar-refractivity contribution is 6.56. The molecule has 1 heterocycles. The molecule has 0 aromatic rings. The molecular weight excluding hydrogens is 120 g/mol. The van der Waals surface area contributed by atoms with Gasteiger partial charge in [0, 0.05) is 6.42 Å². The molecule has 0 aromatic heterocycles. The van der Waals surface area contributed by atoms with Gasteiger partial charge in [-0.3, -0.25) is 4.79 Å². The van der Waals surface area contributed by atoms with E-state index in [2.05, 4.69) is 13.5 Å². The monoisotopic (exact) mass is 130 g/mol. The zero-order chi connectivity index (χ0) is 6.15. The standard InChI is InChI=1S/C5H10O2Si/c1-4-3-5(6)7-8(4)2/h4,8H,3H2,1-2H3. The molecule has 0 aliphatic carbocycles. The Labute approximate surface area is 50.6 Å². The van der Waals surface area contributed by atoms with E-state index in [1.807, 2.05) is 0 Å². The SMILES string of the molecule is CC1CC(=O)O[SiH]1C. The molecule has 0 N–H and O–H groups in total. The van der Waals surface area contributed by atoms with Crippen LogP contribution in [0.5, 0.6) is 0 Å². The lowest BCUT2D eigenvalue weighted by molar-refractivity contribution is -0.132. The summed E-state index contributed by atoms with van der Waals surface area (Å²) in [7, 11) is -1.05. The normalized spacial score (nSPS) is 37.5. The summed E-state index contributed by atoms with van der Waals surface area (Å²) in [5.41, 5.74) is 0.558. The van der Waals surface area contributed by atoms with Crippen LogP contribution in [0.4, 0.5) is 0 Å². The van der Waals surface area contributed by atoms with Gasteiger partial charge in [0.15, 0.2) is 0 Å². The Morgan fingerprint density at radius 3 is 2.62 bits per heavy atom. The first-order valence-electron chi connectivity index (χ1n) is 2.89. The summed E-state index contributed by atoms with van der Waals surface area (Å²) in [6, 6.07) is 0. The largest absolute Gasteiger partial charge is 0.522 e. The molecule has 3 heteroatoms. The van der Waals surface area contributed by atoms with Crippen molar-refractivity contribution in [2.24, 2.45) is 0 Å². The van der Waals surface area contributed by atoms with Crippen LogP contribution in [-0.2, 0) is 9.22 Å². The van der Waals surface area contributed by atoms with E-state index < -0.39 is 9.04 Å². The molecule has 8 heavy (non-hydrogen) atoms. The molecule has 2 unspecified atom stereocenters. The van der Waals surface area contributed by atoms with E-state index in [9.17, 15) is 4.79 Å². The number of hydrogen-bond acceptors (Lipinski definition) is 2. The number of carbonyl (C=O) groups is 1. The molecule has 46 valence electrons. The Morgan fingerprint density at radius 2 is 2.50 bits per heavy atom. The van der Waals surface area contributed by atoms with E-state index >= 15 is 0 Å². The molecule has 0 spiro atoms. The van der Waals surface area contributed by atoms with Crippen molar-refractivity contribution in [1.82, 2.24) is 0 Å². The smallest absolute Gasteiger partial charge is 0.292 e. The molecule has 1 rings (SSSR count). The minimum absolute atomic E-state index is 0.0108. The van der Waals surface area contributed by atoms with Crippen LogP contribution < -0.4 is 0 Å². The number of carbonyl (C=O) groups excluding carboxylic acids is 1. The molecule has 2 nitrogen and oxygen atoms in total. The molecule has 1 saturated heterocycles. The molecule has 0 saturated carbocycles. The Bertz CT molecular complexity index is 101. The first kappa shape index (κ1) is 5.82. The van der Waals surface area contributed by atoms with Gasteiger partial charge in [0.05, 0.1) is 0 Å². The van der Waals surface area contributed by atoms with Gasteiger partial charge in [-0.15, -0.1) is 0 Å². The van der Waals surface area contributed by atoms with Crippen molar-refractivity contribution in [2.45, 2.75) is 25.4 Å². The maximum atomic E-state index is 10.5. The second kappa shape index (κ2) is 1.89. The average Bonchev–Trinajstić information content (AvgIpc) is 1.85. The summed E-state index contributed by atoms with van der Waals surface area (Å²) >= 11 is 0. The minimum atomic E-state index is -1.05. The van der Waals surface area contributed by atoms with Gasteiger partial charge in [-0.1, -0.05) is 6.92 Å². The van der Waals surface area contributed by atoms with Crippen LogP contribution in [-0.4, -0.2) is 15.0 Å². The molecule has 1 aliphatic heterocycles. The highest BCUT2D eigenvalue weighted by Crippen LogP contribution is 2.22. The van der Waals surface area contributed by atoms with Crippen molar-refractivity contribution in [1.29, 1.82) is 0 Å². The third-order valence-corrected chi connectivity index (χ3v) is 4.08. The van der Waals surface area contributed by atoms with E-state index in [1.54, 1.807) is 0 Å². The van der Waals surface area contributed by atoms with E-state index in [0.717, 1.165) is 0 Å². The fourth-order valence-corrected chi connectivity index (χ4v) is 2.07. The third kappa shape index (κ3) is 0.915. The van der Waals surface area contributed by atoms with Gasteiger partial charge in [0.1, 0.15) is 0 Å². The summed E-state index contributed by atoms with van der Waals surface area (Å²) in [6.45, 7) is 4.15. The zero-order valence-corrected chi connectivity index (χ0v) is 6.33. The fraction of sp³-hybridized carbons (Fsp3) is 0.800. The van der Waals surface area contributed by atoms with Crippen LogP contribution in [0.3, 0.4) is 0 Å². The quantitative estimate of drug-likeness (QED) is 0.451. The van der Waals surface area contributed by atoms with Crippen molar-refractivity contribution in [3.05, 3.63) is 0 Å². The maximum absolute atomic E-state index is 10.5. The Kier molecular flexibility index (Phi) is 1.38. The molecule has 2 atom stereocenters. The number of rotatable bonds is 0. The van der Waals surface area contributed by atoms with Crippen molar-refractivity contribution in [2.75, 3.05) is 0 Å². The van der Waals surface area contributed by atoms with Gasteiger partial charge in [0.25, 0.3) is 5.97 Å². The average molecular weight is 130 g/mol. The minimum Gasteiger partial charge on any atom is -0.522 e. The predicted octanol–water partition coefficient (Wildman–Crippen LogP) is 0.677. The molecule has 0 radical (unpaired) electrons. The first-order chi connectivity index (χ1) is 3.70. The van der Waals surface area contributed by atoms with Gasteiger partial charge in [-0.05, 0) is 12.1 Å². The molecular formula is C5H10O2Si. The summed E-state index contributed by atoms with van der Waals surface area (Å²) in [5.74, 6) is 0.0108. The van der Waals surface area contributed by atoms with Crippen molar-refractivity contribution in [3.8, 4) is 0 Å². The van der Waals surface area contributed by atoms with Crippen molar-refractivity contribution in [3.63, 3.8) is 0 Å². The Balaban J connectivity index is 2.51. The fourth-order valence-electron chi connectivity index (χ4n) is 0.800. The van der Waals surface area contributed by atoms with Crippen LogP contribution >= 0.6 is 0 Å². The Hall–Kier alpha value is -0.313. The van der Waals surface area contributed by atoms with Crippen LogP contribution in [0.1, 0.15) is 13.3 Å². The van der Waals surface area contributed by atoms with E-state index in [4.69, 9.17) is 4.43 Å². The molecule has 1 fully saturated rings. The molecule has 0 amide bonds. The molecule has 1 aliphatic rings. The molecule has 0 bridgehead atoms. The summed E-state index contributed by atoms with van der Waals surface area (Å²) in [6.07, 6.45) is 0.660. The lowest BCUT2D eigenvalue weighted by Gasteiger charge is -2.00. The summed E-state index contributed by atoms with van der Waals surface area (Å²) in [4.78, 5) is 10.5. The second-order valence-electron chi connectivity index (χ2n) is 2.38. The van der Waals surface area contributed by atoms with E-state index in [0.29, 0.717) is 12.0 Å². The van der Waals surface area contributed by atoms with E-state index in [-0.39, 0.29) is 5.97 Å². The summed E-state index contributed by atoms with van der Waals surface area (Å²) in [5, 5.41) is 0. The topological polar surface area (TPSA) is 26.3 Å². The van der Waals surface area contributed by atoms with Gasteiger partial charge in [-0.25, -0.2) is 0 Å². The Morgan fingerprint density at radius 1 is 1.88 bits per heavy atom. The lowest BCUT2D eigenvalue weighted by atomic mass is 10.3. The van der Waals surface area contributed by atoms with Gasteiger partial charge < -0.3 is 4.43 Å². The van der Waals surface area contributed by atoms with Crippen molar-refractivity contribution >= 4 is 15.0 Å². The van der Waals surface area contributed by atoms with E-state index in [1.165, 1.54) is 0 Å². The van der Waals surface area contributed by atoms with Crippen LogP contribution in [0, 0.1) is 0 Å². The molecule has 0 aromatic carbocycles. The highest BCUT2D eigenvalue weighted by Gasteiger charge is 2.28. The van der Waals surface area contributed by atoms with Gasteiger partial charge in [-0.2, -0.15) is 0 Å². The van der Waals surface area contributed by atoms with Crippen molar-refractivity contribution < 1.29 is 9.22 Å². The highest BCUT2D eigenvalue weighted by atomic mass is 28.3. The maximum Gasteiger partial charge on any atom is 0.292 e.